The van der Waals surface area contributed by atoms with Crippen LogP contribution in [0.4, 0.5) is 17.1 Å². The number of ketones is 1. The van der Waals surface area contributed by atoms with E-state index in [2.05, 4.69) is 15.5 Å². The van der Waals surface area contributed by atoms with Crippen LogP contribution in [0.25, 0.3) is 0 Å². The van der Waals surface area contributed by atoms with Gasteiger partial charge in [0.05, 0.1) is 49.1 Å². The van der Waals surface area contributed by atoms with Crippen molar-refractivity contribution in [2.45, 2.75) is 27.7 Å². The molecule has 1 aliphatic carbocycles. The number of Topliss-reactive ketones (excluding diaryl/α,β-unsaturated/α-hetero) is 1. The number of hydrogen-bond donors (Lipinski definition) is 2. The van der Waals surface area contributed by atoms with Gasteiger partial charge in [0.2, 0.25) is 17.4 Å². The van der Waals surface area contributed by atoms with Gasteiger partial charge in [0.1, 0.15) is 0 Å². The number of nitrogens with zero attached hydrogens (tertiary/aromatic N) is 2. The van der Waals surface area contributed by atoms with Crippen molar-refractivity contribution >= 4 is 52.0 Å². The number of anilines is 2. The molecule has 0 heterocycles. The largest absolute Gasteiger partial charge is 0.493 e. The van der Waals surface area contributed by atoms with Crippen molar-refractivity contribution in [2.75, 3.05) is 44.6 Å². The zero-order chi connectivity index (χ0) is 29.6. The summed E-state index contributed by atoms with van der Waals surface area (Å²) in [6, 6.07) is 8.48. The molecule has 0 unspecified atom stereocenters. The molecule has 212 valence electrons. The summed E-state index contributed by atoms with van der Waals surface area (Å²) in [5.41, 5.74) is 2.78. The first-order valence-corrected chi connectivity index (χ1v) is 13.0. The third-order valence-electron chi connectivity index (χ3n) is 6.27. The van der Waals surface area contributed by atoms with Crippen LogP contribution in [0.5, 0.6) is 17.2 Å². The van der Waals surface area contributed by atoms with Crippen molar-refractivity contribution in [3.8, 4) is 17.2 Å². The lowest BCUT2D eigenvalue weighted by Crippen LogP contribution is -2.31. The summed E-state index contributed by atoms with van der Waals surface area (Å²) in [5.74, 6) is -0.512. The maximum atomic E-state index is 13.2. The summed E-state index contributed by atoms with van der Waals surface area (Å²) in [5, 5.41) is 5.37. The van der Waals surface area contributed by atoms with E-state index < -0.39 is 11.7 Å². The SMILES string of the molecule is CCN(CC)c1ccc(/N=C2\C=C(NC(=O)c3cc(OC)c(OC)c(OC)c3)C(=O)C(Cl)=C2C)c(NC(C)=O)c1. The van der Waals surface area contributed by atoms with E-state index >= 15 is 0 Å². The Morgan fingerprint density at radius 1 is 0.975 bits per heavy atom. The lowest BCUT2D eigenvalue weighted by Gasteiger charge is -2.22. The number of rotatable bonds is 10. The molecule has 2 aromatic carbocycles. The molecule has 0 aliphatic heterocycles. The minimum Gasteiger partial charge on any atom is -0.493 e. The number of nitrogens with one attached hydrogen (secondary N) is 2. The van der Waals surface area contributed by atoms with Gasteiger partial charge in [0.15, 0.2) is 11.5 Å². The Morgan fingerprint density at radius 2 is 1.60 bits per heavy atom. The average Bonchev–Trinajstić information content (AvgIpc) is 2.94. The second-order valence-electron chi connectivity index (χ2n) is 8.75. The zero-order valence-electron chi connectivity index (χ0n) is 23.6. The van der Waals surface area contributed by atoms with E-state index in [0.717, 1.165) is 18.8 Å². The number of ether oxygens (including phenoxy) is 3. The van der Waals surface area contributed by atoms with Gasteiger partial charge in [-0.05, 0) is 62.8 Å². The molecular weight excluding hydrogens is 536 g/mol. The Labute approximate surface area is 238 Å². The summed E-state index contributed by atoms with van der Waals surface area (Å²) in [4.78, 5) is 44.9. The van der Waals surface area contributed by atoms with Crippen LogP contribution in [-0.4, -0.2) is 57.7 Å². The molecule has 3 rings (SSSR count). The molecule has 0 radical (unpaired) electrons. The van der Waals surface area contributed by atoms with Gasteiger partial charge in [-0.2, -0.15) is 0 Å². The Bertz CT molecular complexity index is 1400. The predicted molar refractivity (Wildman–Crippen MR) is 157 cm³/mol. The fourth-order valence-corrected chi connectivity index (χ4v) is 4.35. The van der Waals surface area contributed by atoms with E-state index in [1.165, 1.54) is 46.5 Å². The highest BCUT2D eigenvalue weighted by Crippen LogP contribution is 2.38. The molecule has 0 spiro atoms. The Kier molecular flexibility index (Phi) is 9.95. The Balaban J connectivity index is 2.04. The predicted octanol–water partition coefficient (Wildman–Crippen LogP) is 5.00. The highest BCUT2D eigenvalue weighted by atomic mass is 35.5. The highest BCUT2D eigenvalue weighted by molar-refractivity contribution is 6.49. The van der Waals surface area contributed by atoms with E-state index in [0.29, 0.717) is 28.4 Å². The molecular formula is C29H33ClN4O6. The molecule has 0 atom stereocenters. The molecule has 2 N–H and O–H groups in total. The third kappa shape index (κ3) is 6.45. The number of carbonyl (C=O) groups is 3. The first-order valence-electron chi connectivity index (χ1n) is 12.6. The van der Waals surface area contributed by atoms with Crippen molar-refractivity contribution in [1.29, 1.82) is 0 Å². The highest BCUT2D eigenvalue weighted by Gasteiger charge is 2.27. The number of amides is 2. The van der Waals surface area contributed by atoms with E-state index in [9.17, 15) is 14.4 Å². The Morgan fingerprint density at radius 3 is 2.12 bits per heavy atom. The van der Waals surface area contributed by atoms with Gasteiger partial charge in [-0.25, -0.2) is 4.99 Å². The molecule has 0 saturated heterocycles. The van der Waals surface area contributed by atoms with Crippen LogP contribution in [0, 0.1) is 0 Å². The molecule has 10 nitrogen and oxygen atoms in total. The van der Waals surface area contributed by atoms with Crippen molar-refractivity contribution in [3.63, 3.8) is 0 Å². The molecule has 2 aromatic rings. The number of allylic oxidation sites excluding steroid dienone is 3. The second-order valence-corrected chi connectivity index (χ2v) is 9.12. The maximum Gasteiger partial charge on any atom is 0.256 e. The number of aliphatic imine (C=N–C) groups is 1. The van der Waals surface area contributed by atoms with E-state index in [1.807, 2.05) is 26.0 Å². The fourth-order valence-electron chi connectivity index (χ4n) is 4.15. The van der Waals surface area contributed by atoms with Crippen molar-refractivity contribution < 1.29 is 28.6 Å². The van der Waals surface area contributed by atoms with Gasteiger partial charge in [0, 0.05) is 31.3 Å². The van der Waals surface area contributed by atoms with Crippen LogP contribution >= 0.6 is 11.6 Å². The summed E-state index contributed by atoms with van der Waals surface area (Å²) >= 11 is 6.39. The summed E-state index contributed by atoms with van der Waals surface area (Å²) < 4.78 is 16.0. The molecule has 1 aliphatic rings. The normalized spacial score (nSPS) is 14.1. The average molecular weight is 569 g/mol. The van der Waals surface area contributed by atoms with Gasteiger partial charge < -0.3 is 29.7 Å². The minimum atomic E-state index is -0.593. The number of methoxy groups -OCH3 is 3. The summed E-state index contributed by atoms with van der Waals surface area (Å²) in [6.45, 7) is 8.75. The minimum absolute atomic E-state index is 0.0612. The molecule has 0 aromatic heterocycles. The van der Waals surface area contributed by atoms with Crippen molar-refractivity contribution in [2.24, 2.45) is 4.99 Å². The van der Waals surface area contributed by atoms with Crippen LogP contribution in [0.2, 0.25) is 0 Å². The standard InChI is InChI=1S/C29H33ClN4O6/c1-8-34(9-2)19-10-11-20(22(14-19)31-17(4)35)32-21-15-23(27(36)26(30)16(21)3)33-29(37)18-12-24(38-5)28(40-7)25(13-18)39-6/h10-15H,8-9H2,1-7H3,(H,31,35)(H,33,37)/b32-21+. The second kappa shape index (κ2) is 13.2. The first-order chi connectivity index (χ1) is 19.1. The van der Waals surface area contributed by atoms with Crippen molar-refractivity contribution in [1.82, 2.24) is 5.32 Å². The lowest BCUT2D eigenvalue weighted by atomic mass is 10.0. The third-order valence-corrected chi connectivity index (χ3v) is 6.73. The number of benzene rings is 2. The van der Waals surface area contributed by atoms with Crippen LogP contribution in [0.15, 0.2) is 57.7 Å². The van der Waals surface area contributed by atoms with Gasteiger partial charge in [-0.15, -0.1) is 0 Å². The first kappa shape index (κ1) is 30.2. The topological polar surface area (TPSA) is 119 Å². The molecule has 0 bridgehead atoms. The van der Waals surface area contributed by atoms with Gasteiger partial charge in [-0.1, -0.05) is 11.6 Å². The molecule has 0 saturated carbocycles. The molecule has 0 fully saturated rings. The van der Waals surface area contributed by atoms with Gasteiger partial charge in [-0.3, -0.25) is 14.4 Å². The van der Waals surface area contributed by atoms with Crippen LogP contribution in [0.3, 0.4) is 0 Å². The number of carbonyl (C=O) groups excluding carboxylic acids is 3. The maximum absolute atomic E-state index is 13.2. The van der Waals surface area contributed by atoms with Crippen LogP contribution in [-0.2, 0) is 9.59 Å². The van der Waals surface area contributed by atoms with E-state index in [4.69, 9.17) is 30.8 Å². The summed E-state index contributed by atoms with van der Waals surface area (Å²) in [6.07, 6.45) is 1.45. The van der Waals surface area contributed by atoms with Gasteiger partial charge >= 0.3 is 0 Å². The van der Waals surface area contributed by atoms with E-state index in [-0.39, 0.29) is 33.7 Å². The van der Waals surface area contributed by atoms with Crippen molar-refractivity contribution in [3.05, 3.63) is 58.3 Å². The van der Waals surface area contributed by atoms with Gasteiger partial charge in [0.25, 0.3) is 5.91 Å². The fraction of sp³-hybridized carbons (Fsp3) is 0.310. The molecule has 11 heteroatoms. The Hall–Kier alpha value is -4.31. The smallest absolute Gasteiger partial charge is 0.256 e. The molecule has 2 amide bonds. The van der Waals surface area contributed by atoms with E-state index in [1.54, 1.807) is 13.0 Å². The quantitative estimate of drug-likeness (QED) is 0.387. The monoisotopic (exact) mass is 568 g/mol. The molecule has 40 heavy (non-hydrogen) atoms. The summed E-state index contributed by atoms with van der Waals surface area (Å²) in [7, 11) is 4.33. The zero-order valence-corrected chi connectivity index (χ0v) is 24.4. The van der Waals surface area contributed by atoms with Crippen LogP contribution in [0.1, 0.15) is 38.1 Å². The number of halogens is 1. The van der Waals surface area contributed by atoms with Crippen LogP contribution < -0.4 is 29.7 Å². The lowest BCUT2D eigenvalue weighted by molar-refractivity contribution is -0.114. The number of hydrogen-bond acceptors (Lipinski definition) is 8.